The van der Waals surface area contributed by atoms with Crippen LogP contribution in [-0.2, 0) is 9.59 Å². The van der Waals surface area contributed by atoms with Gasteiger partial charge >= 0.3 is 5.97 Å². The van der Waals surface area contributed by atoms with Crippen molar-refractivity contribution in [1.29, 1.82) is 0 Å². The van der Waals surface area contributed by atoms with Crippen molar-refractivity contribution in [3.63, 3.8) is 0 Å². The monoisotopic (exact) mass is 347 g/mol. The Hall–Kier alpha value is -1.81. The van der Waals surface area contributed by atoms with Crippen LogP contribution in [0.25, 0.3) is 0 Å². The molecule has 0 aliphatic heterocycles. The van der Waals surface area contributed by atoms with Crippen LogP contribution in [0.1, 0.15) is 32.3 Å². The van der Waals surface area contributed by atoms with Crippen LogP contribution in [0.15, 0.2) is 29.3 Å². The van der Waals surface area contributed by atoms with E-state index in [1.165, 1.54) is 5.57 Å². The summed E-state index contributed by atoms with van der Waals surface area (Å²) in [5.41, 5.74) is 3.89. The van der Waals surface area contributed by atoms with Crippen LogP contribution in [0.4, 0.5) is 5.69 Å². The first kappa shape index (κ1) is 17.0. The van der Waals surface area contributed by atoms with Gasteiger partial charge in [0, 0.05) is 10.7 Å². The molecule has 4 unspecified atom stereocenters. The summed E-state index contributed by atoms with van der Waals surface area (Å²) in [4.78, 5) is 24.6. The van der Waals surface area contributed by atoms with Gasteiger partial charge in [-0.15, -0.1) is 0 Å². The van der Waals surface area contributed by atoms with E-state index in [4.69, 9.17) is 11.6 Å². The normalized spacial score (nSPS) is 28.1. The average Bonchev–Trinajstić information content (AvgIpc) is 3.06. The van der Waals surface area contributed by atoms with E-state index in [-0.39, 0.29) is 17.7 Å². The van der Waals surface area contributed by atoms with Gasteiger partial charge in [0.2, 0.25) is 5.91 Å². The van der Waals surface area contributed by atoms with Crippen LogP contribution in [-0.4, -0.2) is 17.0 Å². The quantitative estimate of drug-likeness (QED) is 0.802. The zero-order valence-electron chi connectivity index (χ0n) is 14.1. The van der Waals surface area contributed by atoms with E-state index in [1.807, 2.05) is 26.8 Å². The van der Waals surface area contributed by atoms with Crippen molar-refractivity contribution in [2.45, 2.75) is 33.6 Å². The summed E-state index contributed by atoms with van der Waals surface area (Å²) >= 11 is 6.11. The summed E-state index contributed by atoms with van der Waals surface area (Å²) in [5.74, 6) is -2.19. The molecule has 4 nitrogen and oxygen atoms in total. The lowest BCUT2D eigenvalue weighted by Crippen LogP contribution is -2.37. The summed E-state index contributed by atoms with van der Waals surface area (Å²) in [6.45, 7) is 5.92. The second kappa shape index (κ2) is 6.25. The van der Waals surface area contributed by atoms with Gasteiger partial charge in [0.1, 0.15) is 0 Å². The second-order valence-electron chi connectivity index (χ2n) is 7.09. The molecule has 0 spiro atoms. The van der Waals surface area contributed by atoms with Crippen molar-refractivity contribution >= 4 is 29.2 Å². The van der Waals surface area contributed by atoms with Crippen molar-refractivity contribution in [2.24, 2.45) is 23.7 Å². The molecule has 2 saturated carbocycles. The Bertz CT molecular complexity index is 736. The first-order valence-corrected chi connectivity index (χ1v) is 8.66. The molecule has 2 N–H and O–H groups in total. The molecule has 0 heterocycles. The molecule has 1 aromatic carbocycles. The summed E-state index contributed by atoms with van der Waals surface area (Å²) in [7, 11) is 0. The third-order valence-corrected chi connectivity index (χ3v) is 5.85. The molecular formula is C19H22ClNO3. The molecule has 0 aromatic heterocycles. The highest BCUT2D eigenvalue weighted by atomic mass is 35.5. The molecule has 0 radical (unpaired) electrons. The van der Waals surface area contributed by atoms with E-state index in [0.29, 0.717) is 10.7 Å². The molecule has 1 aromatic rings. The van der Waals surface area contributed by atoms with Gasteiger partial charge in [-0.05, 0) is 63.1 Å². The SMILES string of the molecule is CC(C)=C1C2CCC1C(C(=O)Nc1ccc(C)c(Cl)c1)C2C(=O)O. The maximum atomic E-state index is 12.8. The van der Waals surface area contributed by atoms with E-state index in [0.717, 1.165) is 24.0 Å². The highest BCUT2D eigenvalue weighted by molar-refractivity contribution is 6.31. The van der Waals surface area contributed by atoms with Crippen LogP contribution in [0.2, 0.25) is 5.02 Å². The van der Waals surface area contributed by atoms with Gasteiger partial charge in [-0.3, -0.25) is 9.59 Å². The number of fused-ring (bicyclic) bond motifs is 2. The van der Waals surface area contributed by atoms with Gasteiger partial charge in [0.15, 0.2) is 0 Å². The number of nitrogens with one attached hydrogen (secondary N) is 1. The molecule has 5 heteroatoms. The third-order valence-electron chi connectivity index (χ3n) is 5.45. The van der Waals surface area contributed by atoms with E-state index >= 15 is 0 Å². The predicted molar refractivity (Wildman–Crippen MR) is 94.0 cm³/mol. The molecule has 2 bridgehead atoms. The Morgan fingerprint density at radius 3 is 2.33 bits per heavy atom. The first-order valence-electron chi connectivity index (χ1n) is 8.28. The minimum Gasteiger partial charge on any atom is -0.481 e. The number of aryl methyl sites for hydroxylation is 1. The second-order valence-corrected chi connectivity index (χ2v) is 7.50. The molecule has 128 valence electrons. The van der Waals surface area contributed by atoms with Crippen LogP contribution in [0.5, 0.6) is 0 Å². The fourth-order valence-corrected chi connectivity index (χ4v) is 4.68. The number of carbonyl (C=O) groups is 2. The van der Waals surface area contributed by atoms with Crippen LogP contribution >= 0.6 is 11.6 Å². The number of anilines is 1. The number of carboxylic acid groups (broad SMARTS) is 1. The Morgan fingerprint density at radius 1 is 1.17 bits per heavy atom. The summed E-state index contributed by atoms with van der Waals surface area (Å²) in [6, 6.07) is 5.35. The van der Waals surface area contributed by atoms with Gasteiger partial charge in [-0.2, -0.15) is 0 Å². The number of aliphatic carboxylic acids is 1. The molecule has 2 fully saturated rings. The topological polar surface area (TPSA) is 66.4 Å². The third kappa shape index (κ3) is 2.73. The lowest BCUT2D eigenvalue weighted by atomic mass is 9.78. The van der Waals surface area contributed by atoms with Crippen LogP contribution in [0, 0.1) is 30.6 Å². The van der Waals surface area contributed by atoms with Crippen LogP contribution in [0.3, 0.4) is 0 Å². The number of carboxylic acids is 1. The lowest BCUT2D eigenvalue weighted by molar-refractivity contribution is -0.148. The van der Waals surface area contributed by atoms with E-state index < -0.39 is 17.8 Å². The zero-order valence-corrected chi connectivity index (χ0v) is 14.9. The fourth-order valence-electron chi connectivity index (χ4n) is 4.50. The largest absolute Gasteiger partial charge is 0.481 e. The van der Waals surface area contributed by atoms with Crippen molar-refractivity contribution in [1.82, 2.24) is 0 Å². The van der Waals surface area contributed by atoms with Gasteiger partial charge in [0.25, 0.3) is 0 Å². The average molecular weight is 348 g/mol. The number of hydrogen-bond acceptors (Lipinski definition) is 2. The number of allylic oxidation sites excluding steroid dienone is 2. The maximum Gasteiger partial charge on any atom is 0.307 e. The number of benzene rings is 1. The summed E-state index contributed by atoms with van der Waals surface area (Å²) in [5, 5.41) is 13.1. The molecule has 2 aliphatic carbocycles. The number of hydrogen-bond donors (Lipinski definition) is 2. The zero-order chi connectivity index (χ0) is 17.6. The Morgan fingerprint density at radius 2 is 1.79 bits per heavy atom. The minimum atomic E-state index is -0.872. The van der Waals surface area contributed by atoms with Gasteiger partial charge in [-0.1, -0.05) is 28.8 Å². The summed E-state index contributed by atoms with van der Waals surface area (Å²) < 4.78 is 0. The standard InChI is InChI=1S/C19H22ClNO3/c1-9(2)15-12-6-7-13(15)17(19(23)24)16(12)18(22)21-11-5-4-10(3)14(20)8-11/h4-5,8,12-13,16-17H,6-7H2,1-3H3,(H,21,22)(H,23,24). The number of carbonyl (C=O) groups excluding carboxylic acids is 1. The molecular weight excluding hydrogens is 326 g/mol. The summed E-state index contributed by atoms with van der Waals surface area (Å²) in [6.07, 6.45) is 1.75. The van der Waals surface area contributed by atoms with Gasteiger partial charge in [0.05, 0.1) is 11.8 Å². The number of rotatable bonds is 3. The van der Waals surface area contributed by atoms with E-state index in [2.05, 4.69) is 5.32 Å². The van der Waals surface area contributed by atoms with E-state index in [1.54, 1.807) is 12.1 Å². The first-order chi connectivity index (χ1) is 11.3. The highest BCUT2D eigenvalue weighted by Crippen LogP contribution is 2.57. The predicted octanol–water partition coefficient (Wildman–Crippen LogP) is 4.28. The van der Waals surface area contributed by atoms with Crippen molar-refractivity contribution in [3.8, 4) is 0 Å². The van der Waals surface area contributed by atoms with Crippen LogP contribution < -0.4 is 5.32 Å². The Balaban J connectivity index is 1.89. The Labute approximate surface area is 146 Å². The molecule has 24 heavy (non-hydrogen) atoms. The molecule has 0 saturated heterocycles. The lowest BCUT2D eigenvalue weighted by Gasteiger charge is -2.26. The Kier molecular flexibility index (Phi) is 4.43. The van der Waals surface area contributed by atoms with Gasteiger partial charge < -0.3 is 10.4 Å². The molecule has 2 aliphatic rings. The maximum absolute atomic E-state index is 12.8. The number of halogens is 1. The molecule has 3 rings (SSSR count). The van der Waals surface area contributed by atoms with Crippen molar-refractivity contribution in [3.05, 3.63) is 39.9 Å². The van der Waals surface area contributed by atoms with E-state index in [9.17, 15) is 14.7 Å². The van der Waals surface area contributed by atoms with Gasteiger partial charge in [-0.25, -0.2) is 0 Å². The molecule has 4 atom stereocenters. The smallest absolute Gasteiger partial charge is 0.307 e. The van der Waals surface area contributed by atoms with Crippen molar-refractivity contribution < 1.29 is 14.7 Å². The number of amides is 1. The minimum absolute atomic E-state index is 0.00476. The molecule has 1 amide bonds. The highest BCUT2D eigenvalue weighted by Gasteiger charge is 2.57. The fraction of sp³-hybridized carbons (Fsp3) is 0.474. The van der Waals surface area contributed by atoms with Crippen molar-refractivity contribution in [2.75, 3.05) is 5.32 Å².